The molecule has 1 aliphatic carbocycles. The highest BCUT2D eigenvalue weighted by Crippen LogP contribution is 2.38. The van der Waals surface area contributed by atoms with Crippen molar-refractivity contribution in [3.63, 3.8) is 0 Å². The summed E-state index contributed by atoms with van der Waals surface area (Å²) in [6.45, 7) is 2.22. The van der Waals surface area contributed by atoms with E-state index in [2.05, 4.69) is 22.6 Å². The number of fused-ring (bicyclic) bond motifs is 1. The molecule has 0 saturated heterocycles. The molecule has 1 aromatic heterocycles. The summed E-state index contributed by atoms with van der Waals surface area (Å²) in [7, 11) is 0. The predicted molar refractivity (Wildman–Crippen MR) is 66.6 cm³/mol. The molecule has 3 N–H and O–H groups in total. The van der Waals surface area contributed by atoms with E-state index < -0.39 is 0 Å². The summed E-state index contributed by atoms with van der Waals surface area (Å²) < 4.78 is 4.74. The van der Waals surface area contributed by atoms with Gasteiger partial charge in [-0.25, -0.2) is 4.63 Å². The molecule has 5 nitrogen and oxygen atoms in total. The van der Waals surface area contributed by atoms with Gasteiger partial charge in [-0.05, 0) is 41.2 Å². The molecule has 2 unspecified atom stereocenters. The van der Waals surface area contributed by atoms with Crippen molar-refractivity contribution < 1.29 is 4.63 Å². The molecule has 1 saturated carbocycles. The van der Waals surface area contributed by atoms with Gasteiger partial charge in [0, 0.05) is 6.04 Å². The van der Waals surface area contributed by atoms with E-state index in [1.807, 2.05) is 12.1 Å². The maximum absolute atomic E-state index is 5.80. The van der Waals surface area contributed by atoms with Crippen LogP contribution in [0.4, 0.5) is 11.4 Å². The SMILES string of the molecule is CCCC1CC1Nc1ccc(N)c2nonc12. The summed E-state index contributed by atoms with van der Waals surface area (Å²) in [4.78, 5) is 0. The highest BCUT2D eigenvalue weighted by molar-refractivity contribution is 5.95. The zero-order chi connectivity index (χ0) is 11.8. The zero-order valence-corrected chi connectivity index (χ0v) is 9.81. The first-order valence-electron chi connectivity index (χ1n) is 6.07. The first-order valence-corrected chi connectivity index (χ1v) is 6.07. The number of nitrogens with zero attached hydrogens (tertiary/aromatic N) is 2. The van der Waals surface area contributed by atoms with Gasteiger partial charge in [0.15, 0.2) is 11.0 Å². The van der Waals surface area contributed by atoms with E-state index in [9.17, 15) is 0 Å². The van der Waals surface area contributed by atoms with Gasteiger partial charge >= 0.3 is 0 Å². The first kappa shape index (κ1) is 10.4. The van der Waals surface area contributed by atoms with Crippen LogP contribution >= 0.6 is 0 Å². The van der Waals surface area contributed by atoms with Crippen LogP contribution < -0.4 is 11.1 Å². The molecule has 1 aromatic carbocycles. The Morgan fingerprint density at radius 1 is 1.41 bits per heavy atom. The fourth-order valence-corrected chi connectivity index (χ4v) is 2.32. The lowest BCUT2D eigenvalue weighted by Gasteiger charge is -2.06. The van der Waals surface area contributed by atoms with Crippen LogP contribution in [0.25, 0.3) is 11.0 Å². The van der Waals surface area contributed by atoms with Gasteiger partial charge in [-0.1, -0.05) is 13.3 Å². The number of anilines is 2. The summed E-state index contributed by atoms with van der Waals surface area (Å²) in [6, 6.07) is 4.36. The third kappa shape index (κ3) is 1.81. The number of aromatic nitrogens is 2. The van der Waals surface area contributed by atoms with Crippen LogP contribution in [0.2, 0.25) is 0 Å². The molecular formula is C12H16N4O. The molecule has 1 fully saturated rings. The molecule has 90 valence electrons. The van der Waals surface area contributed by atoms with Gasteiger partial charge in [0.05, 0.1) is 11.4 Å². The van der Waals surface area contributed by atoms with Crippen LogP contribution in [0.15, 0.2) is 16.8 Å². The highest BCUT2D eigenvalue weighted by atomic mass is 16.6. The minimum Gasteiger partial charge on any atom is -0.397 e. The Morgan fingerprint density at radius 2 is 2.24 bits per heavy atom. The standard InChI is InChI=1S/C12H16N4O/c1-2-3-7-6-10(7)14-9-5-4-8(13)11-12(9)16-17-15-11/h4-5,7,10,14H,2-3,6,13H2,1H3. The van der Waals surface area contributed by atoms with E-state index in [0.29, 0.717) is 17.2 Å². The number of hydrogen-bond acceptors (Lipinski definition) is 5. The van der Waals surface area contributed by atoms with Gasteiger partial charge in [-0.3, -0.25) is 0 Å². The highest BCUT2D eigenvalue weighted by Gasteiger charge is 2.36. The lowest BCUT2D eigenvalue weighted by molar-refractivity contribution is 0.315. The molecule has 0 radical (unpaired) electrons. The third-order valence-electron chi connectivity index (χ3n) is 3.37. The van der Waals surface area contributed by atoms with Crippen LogP contribution in [0.5, 0.6) is 0 Å². The molecule has 17 heavy (non-hydrogen) atoms. The maximum Gasteiger partial charge on any atom is 0.160 e. The molecule has 1 aliphatic rings. The van der Waals surface area contributed by atoms with Gasteiger partial charge in [-0.2, -0.15) is 0 Å². The molecule has 0 spiro atoms. The lowest BCUT2D eigenvalue weighted by Crippen LogP contribution is -2.05. The summed E-state index contributed by atoms with van der Waals surface area (Å²) in [5, 5.41) is 11.2. The fraction of sp³-hybridized carbons (Fsp3) is 0.500. The molecule has 5 heteroatoms. The van der Waals surface area contributed by atoms with Gasteiger partial charge in [0.25, 0.3) is 0 Å². The van der Waals surface area contributed by atoms with E-state index in [1.54, 1.807) is 0 Å². The van der Waals surface area contributed by atoms with Crippen LogP contribution in [-0.4, -0.2) is 16.4 Å². The monoisotopic (exact) mass is 232 g/mol. The largest absolute Gasteiger partial charge is 0.397 e. The van der Waals surface area contributed by atoms with E-state index in [0.717, 1.165) is 17.1 Å². The average Bonchev–Trinajstić information content (AvgIpc) is 2.86. The van der Waals surface area contributed by atoms with E-state index in [-0.39, 0.29) is 0 Å². The zero-order valence-electron chi connectivity index (χ0n) is 9.81. The smallest absolute Gasteiger partial charge is 0.160 e. The number of benzene rings is 1. The van der Waals surface area contributed by atoms with Crippen molar-refractivity contribution in [3.05, 3.63) is 12.1 Å². The second-order valence-corrected chi connectivity index (χ2v) is 4.70. The average molecular weight is 232 g/mol. The van der Waals surface area contributed by atoms with Crippen molar-refractivity contribution in [1.82, 2.24) is 10.3 Å². The molecule has 2 aromatic rings. The fourth-order valence-electron chi connectivity index (χ4n) is 2.32. The van der Waals surface area contributed by atoms with Crippen LogP contribution in [-0.2, 0) is 0 Å². The Morgan fingerprint density at radius 3 is 3.06 bits per heavy atom. The Balaban J connectivity index is 1.82. The van der Waals surface area contributed by atoms with Crippen LogP contribution in [0, 0.1) is 5.92 Å². The molecule has 3 rings (SSSR count). The Hall–Kier alpha value is -1.78. The minimum atomic E-state index is 0.568. The van der Waals surface area contributed by atoms with Crippen molar-refractivity contribution in [1.29, 1.82) is 0 Å². The number of nitrogens with two attached hydrogens (primary N) is 1. The molecule has 1 heterocycles. The number of hydrogen-bond donors (Lipinski definition) is 2. The topological polar surface area (TPSA) is 77.0 Å². The minimum absolute atomic E-state index is 0.568. The predicted octanol–water partition coefficient (Wildman–Crippen LogP) is 2.41. The van der Waals surface area contributed by atoms with Gasteiger partial charge in [0.1, 0.15) is 0 Å². The molecule has 2 atom stereocenters. The van der Waals surface area contributed by atoms with E-state index >= 15 is 0 Å². The summed E-state index contributed by atoms with van der Waals surface area (Å²) >= 11 is 0. The van der Waals surface area contributed by atoms with Gasteiger partial charge in [-0.15, -0.1) is 0 Å². The van der Waals surface area contributed by atoms with Crippen molar-refractivity contribution in [2.75, 3.05) is 11.1 Å². The second-order valence-electron chi connectivity index (χ2n) is 4.70. The van der Waals surface area contributed by atoms with Crippen molar-refractivity contribution in [2.24, 2.45) is 5.92 Å². The normalized spacial score (nSPS) is 22.9. The molecular weight excluding hydrogens is 216 g/mol. The Labute approximate surface area is 99.3 Å². The molecule has 0 bridgehead atoms. The van der Waals surface area contributed by atoms with Gasteiger partial charge < -0.3 is 11.1 Å². The second kappa shape index (κ2) is 3.91. The number of nitrogen functional groups attached to an aromatic ring is 1. The molecule has 0 amide bonds. The van der Waals surface area contributed by atoms with Gasteiger partial charge in [0.2, 0.25) is 0 Å². The molecule has 0 aliphatic heterocycles. The van der Waals surface area contributed by atoms with E-state index in [1.165, 1.54) is 19.3 Å². The summed E-state index contributed by atoms with van der Waals surface area (Å²) in [5.41, 5.74) is 8.75. The van der Waals surface area contributed by atoms with Crippen molar-refractivity contribution in [3.8, 4) is 0 Å². The third-order valence-corrected chi connectivity index (χ3v) is 3.37. The van der Waals surface area contributed by atoms with Crippen molar-refractivity contribution >= 4 is 22.4 Å². The van der Waals surface area contributed by atoms with Crippen LogP contribution in [0.1, 0.15) is 26.2 Å². The maximum atomic E-state index is 5.80. The quantitative estimate of drug-likeness (QED) is 0.791. The summed E-state index contributed by atoms with van der Waals surface area (Å²) in [5.74, 6) is 0.799. The Bertz CT molecular complexity index is 536. The van der Waals surface area contributed by atoms with Crippen molar-refractivity contribution in [2.45, 2.75) is 32.2 Å². The van der Waals surface area contributed by atoms with Crippen LogP contribution in [0.3, 0.4) is 0 Å². The lowest BCUT2D eigenvalue weighted by atomic mass is 10.2. The number of rotatable bonds is 4. The number of nitrogens with one attached hydrogen (secondary N) is 1. The Kier molecular flexibility index (Phi) is 2.39. The van der Waals surface area contributed by atoms with E-state index in [4.69, 9.17) is 10.4 Å². The summed E-state index contributed by atoms with van der Waals surface area (Å²) in [6.07, 6.45) is 3.77. The first-order chi connectivity index (χ1) is 8.29.